The summed E-state index contributed by atoms with van der Waals surface area (Å²) in [7, 11) is -3.56. The molecule has 0 bridgehead atoms. The Bertz CT molecular complexity index is 497. The van der Waals surface area contributed by atoms with Crippen molar-refractivity contribution in [1.82, 2.24) is 4.72 Å². The highest BCUT2D eigenvalue weighted by Crippen LogP contribution is 2.20. The van der Waals surface area contributed by atoms with Crippen molar-refractivity contribution in [3.05, 3.63) is 30.7 Å². The monoisotopic (exact) mass is 273 g/mol. The lowest BCUT2D eigenvalue weighted by Gasteiger charge is -2.24. The van der Waals surface area contributed by atoms with Gasteiger partial charge in [-0.2, -0.15) is 0 Å². The Kier molecular flexibility index (Phi) is 4.37. The van der Waals surface area contributed by atoms with Crippen LogP contribution in [0.4, 0.5) is 0 Å². The largest absolute Gasteiger partial charge is 0.465 e. The van der Waals surface area contributed by atoms with Gasteiger partial charge in [0.05, 0.1) is 23.7 Å². The van der Waals surface area contributed by atoms with Gasteiger partial charge in [-0.25, -0.2) is 13.1 Å². The van der Waals surface area contributed by atoms with E-state index in [-0.39, 0.29) is 6.61 Å². The summed E-state index contributed by atoms with van der Waals surface area (Å²) in [5, 5.41) is 9.29. The molecule has 0 aromatic carbocycles. The van der Waals surface area contributed by atoms with Crippen molar-refractivity contribution in [3.8, 4) is 0 Å². The summed E-state index contributed by atoms with van der Waals surface area (Å²) in [5.41, 5.74) is 0.398. The second-order valence-corrected chi connectivity index (χ2v) is 7.44. The predicted octanol–water partition coefficient (Wildman–Crippen LogP) is 1.37. The first kappa shape index (κ1) is 14.9. The number of hydrogen-bond donors (Lipinski definition) is 2. The first-order chi connectivity index (χ1) is 8.19. The quantitative estimate of drug-likeness (QED) is 0.849. The maximum Gasteiger partial charge on any atom is 0.217 e. The van der Waals surface area contributed by atoms with Crippen molar-refractivity contribution in [1.29, 1.82) is 0 Å². The summed E-state index contributed by atoms with van der Waals surface area (Å²) in [6.07, 6.45) is 1.47. The van der Waals surface area contributed by atoms with Gasteiger partial charge < -0.3 is 9.52 Å². The van der Waals surface area contributed by atoms with Crippen LogP contribution in [0.5, 0.6) is 0 Å². The molecule has 0 fully saturated rings. The average Bonchev–Trinajstić information content (AvgIpc) is 2.76. The molecule has 0 amide bonds. The Labute approximate surface area is 108 Å². The van der Waals surface area contributed by atoms with Gasteiger partial charge in [-0.3, -0.25) is 0 Å². The fourth-order valence-electron chi connectivity index (χ4n) is 1.22. The third kappa shape index (κ3) is 3.22. The van der Waals surface area contributed by atoms with Gasteiger partial charge in [0.2, 0.25) is 10.0 Å². The summed E-state index contributed by atoms with van der Waals surface area (Å²) < 4.78 is 30.6. The van der Waals surface area contributed by atoms with Crippen molar-refractivity contribution in [3.63, 3.8) is 0 Å². The average molecular weight is 273 g/mol. The highest BCUT2D eigenvalue weighted by molar-refractivity contribution is 7.90. The normalized spacial score (nSPS) is 14.4. The van der Waals surface area contributed by atoms with Gasteiger partial charge in [-0.05, 0) is 32.9 Å². The third-order valence-corrected chi connectivity index (χ3v) is 4.75. The molecule has 0 radical (unpaired) electrons. The fraction of sp³-hybridized carbons (Fsp3) is 0.500. The first-order valence-electron chi connectivity index (χ1n) is 5.54. The molecule has 0 aliphatic carbocycles. The Balaban J connectivity index is 2.91. The summed E-state index contributed by atoms with van der Waals surface area (Å²) in [5.74, 6) is 0.450. The van der Waals surface area contributed by atoms with E-state index in [4.69, 9.17) is 4.42 Å². The summed E-state index contributed by atoms with van der Waals surface area (Å²) >= 11 is 0. The summed E-state index contributed by atoms with van der Waals surface area (Å²) in [4.78, 5) is 0. The first-order valence-corrected chi connectivity index (χ1v) is 7.03. The predicted molar refractivity (Wildman–Crippen MR) is 70.4 cm³/mol. The molecule has 0 saturated carbocycles. The Morgan fingerprint density at radius 1 is 1.56 bits per heavy atom. The van der Waals surface area contributed by atoms with Gasteiger partial charge in [0, 0.05) is 5.57 Å². The molecule has 1 atom stereocenters. The lowest BCUT2D eigenvalue weighted by molar-refractivity contribution is 0.278. The number of sulfonamides is 1. The van der Waals surface area contributed by atoms with Gasteiger partial charge in [0.15, 0.2) is 0 Å². The van der Waals surface area contributed by atoms with Crippen LogP contribution in [0.1, 0.15) is 26.5 Å². The molecule has 1 aromatic heterocycles. The van der Waals surface area contributed by atoms with Crippen LogP contribution in [0.15, 0.2) is 29.4 Å². The smallest absolute Gasteiger partial charge is 0.217 e. The van der Waals surface area contributed by atoms with E-state index in [0.717, 1.165) is 0 Å². The second-order valence-electron chi connectivity index (χ2n) is 4.97. The van der Waals surface area contributed by atoms with Crippen LogP contribution in [-0.2, 0) is 10.0 Å². The molecule has 0 aliphatic heterocycles. The van der Waals surface area contributed by atoms with Crippen molar-refractivity contribution < 1.29 is 17.9 Å². The van der Waals surface area contributed by atoms with E-state index in [0.29, 0.717) is 11.3 Å². The van der Waals surface area contributed by atoms with Crippen molar-refractivity contribution in [2.75, 3.05) is 6.61 Å². The lowest BCUT2D eigenvalue weighted by atomic mass is 10.1. The number of nitrogens with one attached hydrogen (secondary N) is 1. The zero-order valence-electron chi connectivity index (χ0n) is 10.8. The highest BCUT2D eigenvalue weighted by Gasteiger charge is 2.32. The summed E-state index contributed by atoms with van der Waals surface area (Å²) in [6, 6.07) is 2.55. The van der Waals surface area contributed by atoms with E-state index < -0.39 is 20.8 Å². The SMILES string of the molecule is C=C(c1ccco1)C(CO)NS(=O)(=O)C(C)(C)C. The Morgan fingerprint density at radius 2 is 2.17 bits per heavy atom. The van der Waals surface area contributed by atoms with Gasteiger partial charge >= 0.3 is 0 Å². The van der Waals surface area contributed by atoms with E-state index in [1.165, 1.54) is 6.26 Å². The van der Waals surface area contributed by atoms with Gasteiger partial charge in [-0.1, -0.05) is 6.58 Å². The van der Waals surface area contributed by atoms with E-state index in [9.17, 15) is 13.5 Å². The van der Waals surface area contributed by atoms with Crippen LogP contribution in [0.2, 0.25) is 0 Å². The Morgan fingerprint density at radius 3 is 2.56 bits per heavy atom. The van der Waals surface area contributed by atoms with E-state index in [2.05, 4.69) is 11.3 Å². The standard InChI is InChI=1S/C12H19NO4S/c1-9(11-6-5-7-17-11)10(8-14)13-18(15,16)12(2,3)4/h5-7,10,13-14H,1,8H2,2-4H3. The number of hydrogen-bond acceptors (Lipinski definition) is 4. The van der Waals surface area contributed by atoms with Crippen molar-refractivity contribution in [2.24, 2.45) is 0 Å². The summed E-state index contributed by atoms with van der Waals surface area (Å²) in [6.45, 7) is 8.12. The van der Waals surface area contributed by atoms with E-state index in [1.54, 1.807) is 32.9 Å². The molecule has 1 heterocycles. The van der Waals surface area contributed by atoms with Crippen LogP contribution in [0.25, 0.3) is 5.57 Å². The lowest BCUT2D eigenvalue weighted by Crippen LogP contribution is -2.46. The van der Waals surface area contributed by atoms with E-state index in [1.807, 2.05) is 0 Å². The maximum absolute atomic E-state index is 12.0. The molecule has 5 nitrogen and oxygen atoms in total. The van der Waals surface area contributed by atoms with Gasteiger partial charge in [0.1, 0.15) is 5.76 Å². The minimum atomic E-state index is -3.56. The molecule has 0 spiro atoms. The van der Waals surface area contributed by atoms with Crippen LogP contribution in [-0.4, -0.2) is 30.9 Å². The van der Waals surface area contributed by atoms with Crippen LogP contribution >= 0.6 is 0 Å². The number of aliphatic hydroxyl groups is 1. The number of rotatable bonds is 5. The van der Waals surface area contributed by atoms with Crippen molar-refractivity contribution >= 4 is 15.6 Å². The van der Waals surface area contributed by atoms with E-state index >= 15 is 0 Å². The van der Waals surface area contributed by atoms with Gasteiger partial charge in [0.25, 0.3) is 0 Å². The van der Waals surface area contributed by atoms with Crippen LogP contribution in [0.3, 0.4) is 0 Å². The zero-order chi connectivity index (χ0) is 14.0. The molecule has 6 heteroatoms. The second kappa shape index (κ2) is 5.26. The maximum atomic E-state index is 12.0. The molecule has 1 rings (SSSR count). The topological polar surface area (TPSA) is 79.5 Å². The van der Waals surface area contributed by atoms with Crippen LogP contribution in [0, 0.1) is 0 Å². The number of furan rings is 1. The Hall–Kier alpha value is -1.11. The molecule has 0 saturated heterocycles. The molecular formula is C12H19NO4S. The fourth-order valence-corrected chi connectivity index (χ4v) is 2.16. The minimum absolute atomic E-state index is 0.380. The van der Waals surface area contributed by atoms with Crippen molar-refractivity contribution in [2.45, 2.75) is 31.6 Å². The number of aliphatic hydroxyl groups excluding tert-OH is 1. The molecule has 2 N–H and O–H groups in total. The highest BCUT2D eigenvalue weighted by atomic mass is 32.2. The molecule has 102 valence electrons. The minimum Gasteiger partial charge on any atom is -0.465 e. The molecule has 1 unspecified atom stereocenters. The van der Waals surface area contributed by atoms with Gasteiger partial charge in [-0.15, -0.1) is 0 Å². The molecule has 0 aliphatic rings. The molecule has 18 heavy (non-hydrogen) atoms. The zero-order valence-corrected chi connectivity index (χ0v) is 11.6. The molecular weight excluding hydrogens is 254 g/mol. The van der Waals surface area contributed by atoms with Crippen LogP contribution < -0.4 is 4.72 Å². The third-order valence-electron chi connectivity index (χ3n) is 2.54. The molecule has 1 aromatic rings.